The van der Waals surface area contributed by atoms with Crippen LogP contribution in [0.2, 0.25) is 0 Å². The summed E-state index contributed by atoms with van der Waals surface area (Å²) in [7, 11) is 0. The first-order chi connectivity index (χ1) is 12.6. The quantitative estimate of drug-likeness (QED) is 0.218. The Morgan fingerprint density at radius 1 is 1.00 bits per heavy atom. The molecule has 156 valence electrons. The molecule has 0 aromatic rings. The summed E-state index contributed by atoms with van der Waals surface area (Å²) in [6.45, 7) is 0.366. The van der Waals surface area contributed by atoms with E-state index >= 15 is 0 Å². The van der Waals surface area contributed by atoms with Crippen molar-refractivity contribution in [1.29, 1.82) is 0 Å². The molecule has 0 unspecified atom stereocenters. The number of aliphatic hydroxyl groups is 6. The van der Waals surface area contributed by atoms with Gasteiger partial charge in [-0.05, 0) is 0 Å². The minimum atomic E-state index is -1.99. The van der Waals surface area contributed by atoms with E-state index in [1.807, 2.05) is 0 Å². The molecule has 2 rings (SSSR count). The van der Waals surface area contributed by atoms with Gasteiger partial charge >= 0.3 is 5.97 Å². The number of aliphatic carboxylic acids is 1. The maximum absolute atomic E-state index is 11.4. The van der Waals surface area contributed by atoms with Crippen LogP contribution in [0.15, 0.2) is 0 Å². The lowest BCUT2D eigenvalue weighted by Gasteiger charge is -2.46. The zero-order valence-electron chi connectivity index (χ0n) is 14.2. The van der Waals surface area contributed by atoms with Crippen LogP contribution >= 0.6 is 0 Å². The predicted molar refractivity (Wildman–Crippen MR) is 80.8 cm³/mol. The molecular formula is C14H23NO12. The third kappa shape index (κ3) is 4.53. The molecular weight excluding hydrogens is 374 g/mol. The summed E-state index contributed by atoms with van der Waals surface area (Å²) in [4.78, 5) is 22.7. The van der Waals surface area contributed by atoms with Crippen molar-refractivity contribution < 1.29 is 59.5 Å². The van der Waals surface area contributed by atoms with E-state index in [-0.39, 0.29) is 0 Å². The number of rotatable bonds is 5. The SMILES string of the molecule is CC(=O)N[C@H]1[C@@H](O[C@H]2[C@H](O)[C@@H](O)[C@H](O)O[C@H]2C(=O)O)O[C@H](CO)[C@@H](O)[C@@H]1O. The third-order valence-corrected chi connectivity index (χ3v) is 4.35. The Morgan fingerprint density at radius 3 is 2.15 bits per heavy atom. The van der Waals surface area contributed by atoms with Gasteiger partial charge in [-0.25, -0.2) is 4.79 Å². The first-order valence-corrected chi connectivity index (χ1v) is 8.06. The normalized spacial score (nSPS) is 45.3. The molecule has 1 amide bonds. The number of carbonyl (C=O) groups excluding carboxylic acids is 1. The molecule has 0 aliphatic carbocycles. The molecule has 27 heavy (non-hydrogen) atoms. The van der Waals surface area contributed by atoms with Crippen molar-refractivity contribution in [2.75, 3.05) is 6.61 Å². The summed E-state index contributed by atoms with van der Waals surface area (Å²) in [6, 6.07) is -1.40. The van der Waals surface area contributed by atoms with Gasteiger partial charge in [-0.15, -0.1) is 0 Å². The van der Waals surface area contributed by atoms with Gasteiger partial charge in [0.15, 0.2) is 18.7 Å². The van der Waals surface area contributed by atoms with Gasteiger partial charge in [0, 0.05) is 6.92 Å². The smallest absolute Gasteiger partial charge is 0.335 e. The fraction of sp³-hybridized carbons (Fsp3) is 0.857. The van der Waals surface area contributed by atoms with E-state index in [1.54, 1.807) is 0 Å². The topological polar surface area (TPSA) is 215 Å². The van der Waals surface area contributed by atoms with Gasteiger partial charge in [-0.3, -0.25) is 4.79 Å². The van der Waals surface area contributed by atoms with Crippen molar-refractivity contribution >= 4 is 11.9 Å². The number of carboxylic acid groups (broad SMARTS) is 1. The Kier molecular flexibility index (Phi) is 7.07. The third-order valence-electron chi connectivity index (χ3n) is 4.35. The van der Waals surface area contributed by atoms with Crippen molar-refractivity contribution in [3.05, 3.63) is 0 Å². The Balaban J connectivity index is 2.28. The van der Waals surface area contributed by atoms with Crippen LogP contribution in [0.25, 0.3) is 0 Å². The van der Waals surface area contributed by atoms with Gasteiger partial charge in [-0.1, -0.05) is 0 Å². The van der Waals surface area contributed by atoms with Crippen LogP contribution in [0.5, 0.6) is 0 Å². The standard InChI is InChI=1S/C14H23NO12/c1-3(17)15-5-7(19)6(18)4(2-16)25-14(5)27-10-8(20)9(21)13(24)26-11(10)12(22)23/h4-11,13-14,16,18-21,24H,2H2,1H3,(H,15,17)(H,22,23)/t4-,5-,6-,7-,8-,9-,10+,11-,13-,14-/m1/s1. The minimum Gasteiger partial charge on any atom is -0.479 e. The number of hydrogen-bond donors (Lipinski definition) is 8. The highest BCUT2D eigenvalue weighted by molar-refractivity contribution is 5.74. The molecule has 0 bridgehead atoms. The second-order valence-electron chi connectivity index (χ2n) is 6.30. The number of hydrogen-bond acceptors (Lipinski definition) is 11. The van der Waals surface area contributed by atoms with Crippen LogP contribution in [-0.2, 0) is 23.8 Å². The molecule has 0 spiro atoms. The lowest BCUT2D eigenvalue weighted by atomic mass is 9.95. The van der Waals surface area contributed by atoms with Gasteiger partial charge in [0.1, 0.15) is 42.7 Å². The number of carboxylic acids is 1. The van der Waals surface area contributed by atoms with Crippen molar-refractivity contribution in [3.8, 4) is 0 Å². The average molecular weight is 397 g/mol. The molecule has 2 heterocycles. The van der Waals surface area contributed by atoms with Crippen LogP contribution in [0.3, 0.4) is 0 Å². The molecule has 10 atom stereocenters. The molecule has 8 N–H and O–H groups in total. The fourth-order valence-corrected chi connectivity index (χ4v) is 2.94. The highest BCUT2D eigenvalue weighted by Gasteiger charge is 2.52. The van der Waals surface area contributed by atoms with E-state index in [1.165, 1.54) is 0 Å². The number of amides is 1. The number of ether oxygens (including phenoxy) is 3. The number of nitrogens with one attached hydrogen (secondary N) is 1. The highest BCUT2D eigenvalue weighted by atomic mass is 16.7. The van der Waals surface area contributed by atoms with E-state index in [0.29, 0.717) is 0 Å². The van der Waals surface area contributed by atoms with E-state index in [2.05, 4.69) is 5.32 Å². The summed E-state index contributed by atoms with van der Waals surface area (Å²) in [5.74, 6) is -2.27. The van der Waals surface area contributed by atoms with Crippen LogP contribution in [-0.4, -0.2) is 116 Å². The summed E-state index contributed by atoms with van der Waals surface area (Å²) in [5.41, 5.74) is 0. The van der Waals surface area contributed by atoms with Crippen LogP contribution in [0, 0.1) is 0 Å². The second-order valence-corrected chi connectivity index (χ2v) is 6.30. The van der Waals surface area contributed by atoms with Crippen molar-refractivity contribution in [1.82, 2.24) is 5.32 Å². The van der Waals surface area contributed by atoms with E-state index in [4.69, 9.17) is 14.2 Å². The first-order valence-electron chi connectivity index (χ1n) is 8.06. The lowest BCUT2D eigenvalue weighted by Crippen LogP contribution is -2.67. The molecule has 13 heteroatoms. The van der Waals surface area contributed by atoms with Gasteiger partial charge in [-0.2, -0.15) is 0 Å². The van der Waals surface area contributed by atoms with Gasteiger partial charge < -0.3 is 55.3 Å². The maximum Gasteiger partial charge on any atom is 0.335 e. The van der Waals surface area contributed by atoms with E-state index < -0.39 is 79.8 Å². The summed E-state index contributed by atoms with van der Waals surface area (Å²) in [5, 5.41) is 70.1. The molecule has 0 aromatic carbocycles. The lowest BCUT2D eigenvalue weighted by molar-refractivity contribution is -0.335. The molecule has 2 saturated heterocycles. The largest absolute Gasteiger partial charge is 0.479 e. The van der Waals surface area contributed by atoms with E-state index in [0.717, 1.165) is 6.92 Å². The molecule has 2 aliphatic heterocycles. The number of carbonyl (C=O) groups is 2. The molecule has 0 saturated carbocycles. The van der Waals surface area contributed by atoms with Crippen LogP contribution in [0.1, 0.15) is 6.92 Å². The fourth-order valence-electron chi connectivity index (χ4n) is 2.94. The Morgan fingerprint density at radius 2 is 1.63 bits per heavy atom. The predicted octanol–water partition coefficient (Wildman–Crippen LogP) is -5.16. The summed E-state index contributed by atoms with van der Waals surface area (Å²) < 4.78 is 15.3. The van der Waals surface area contributed by atoms with Gasteiger partial charge in [0.2, 0.25) is 5.91 Å². The molecule has 0 radical (unpaired) electrons. The number of aliphatic hydroxyl groups excluding tert-OH is 6. The van der Waals surface area contributed by atoms with Crippen LogP contribution in [0.4, 0.5) is 0 Å². The van der Waals surface area contributed by atoms with Gasteiger partial charge in [0.25, 0.3) is 0 Å². The molecule has 2 fully saturated rings. The van der Waals surface area contributed by atoms with E-state index in [9.17, 15) is 45.3 Å². The van der Waals surface area contributed by atoms with Crippen molar-refractivity contribution in [3.63, 3.8) is 0 Å². The van der Waals surface area contributed by atoms with Gasteiger partial charge in [0.05, 0.1) is 6.61 Å². The molecule has 13 nitrogen and oxygen atoms in total. The molecule has 0 aromatic heterocycles. The summed E-state index contributed by atoms with van der Waals surface area (Å²) in [6.07, 6.45) is -15.7. The second kappa shape index (κ2) is 8.72. The summed E-state index contributed by atoms with van der Waals surface area (Å²) >= 11 is 0. The maximum atomic E-state index is 11.4. The first kappa shape index (κ1) is 21.9. The minimum absolute atomic E-state index is 0.642. The highest BCUT2D eigenvalue weighted by Crippen LogP contribution is 2.28. The Hall–Kier alpha value is -1.42. The zero-order valence-corrected chi connectivity index (χ0v) is 14.2. The van der Waals surface area contributed by atoms with Crippen molar-refractivity contribution in [2.24, 2.45) is 0 Å². The van der Waals surface area contributed by atoms with Crippen molar-refractivity contribution in [2.45, 2.75) is 68.3 Å². The average Bonchev–Trinajstić information content (AvgIpc) is 2.60. The van der Waals surface area contributed by atoms with Crippen LogP contribution < -0.4 is 5.32 Å². The zero-order chi connectivity index (χ0) is 20.5. The molecule has 2 aliphatic rings. The Bertz CT molecular complexity index is 546. The monoisotopic (exact) mass is 397 g/mol. The Labute approximate surface area is 152 Å².